The van der Waals surface area contributed by atoms with Crippen LogP contribution in [0.25, 0.3) is 0 Å². The molecule has 47 heavy (non-hydrogen) atoms. The Morgan fingerprint density at radius 2 is 1.15 bits per heavy atom. The number of hydrogen-bond acceptors (Lipinski definition) is 9. The summed E-state index contributed by atoms with van der Waals surface area (Å²) in [5.41, 5.74) is 6.31. The first kappa shape index (κ1) is 31.0. The van der Waals surface area contributed by atoms with Crippen molar-refractivity contribution < 1.29 is 33.5 Å². The molecule has 9 nitrogen and oxygen atoms in total. The van der Waals surface area contributed by atoms with Crippen LogP contribution in [0.4, 0.5) is 0 Å². The number of phenolic OH excluding ortho intramolecular Hbond substituents is 1. The second-order valence-electron chi connectivity index (χ2n) is 12.5. The second-order valence-corrected chi connectivity index (χ2v) is 12.5. The van der Waals surface area contributed by atoms with E-state index in [1.807, 2.05) is 24.3 Å². The summed E-state index contributed by atoms with van der Waals surface area (Å²) in [5, 5.41) is 11.4. The summed E-state index contributed by atoms with van der Waals surface area (Å²) in [6.45, 7) is 1.68. The summed E-state index contributed by atoms with van der Waals surface area (Å²) in [6.07, 6.45) is 2.96. The molecule has 10 rings (SSSR count). The first-order valence-corrected chi connectivity index (χ1v) is 16.1. The van der Waals surface area contributed by atoms with Crippen LogP contribution in [0.1, 0.15) is 45.5 Å². The third-order valence-corrected chi connectivity index (χ3v) is 9.96. The first-order chi connectivity index (χ1) is 22.8. The van der Waals surface area contributed by atoms with Crippen LogP contribution < -0.4 is 28.4 Å². The van der Waals surface area contributed by atoms with Gasteiger partial charge in [0, 0.05) is 41.9 Å². The molecule has 0 spiro atoms. The van der Waals surface area contributed by atoms with Crippen LogP contribution in [0.15, 0.2) is 54.6 Å². The molecule has 4 aromatic rings. The Morgan fingerprint density at radius 3 is 1.68 bits per heavy atom. The molecular formula is C38H42N2O7. The lowest BCUT2D eigenvalue weighted by atomic mass is 9.86. The highest BCUT2D eigenvalue weighted by atomic mass is 16.5. The number of hydrogen-bond donors (Lipinski definition) is 1. The number of nitrogens with zero attached hydrogens (tertiary/aromatic N) is 2. The zero-order chi connectivity index (χ0) is 32.8. The van der Waals surface area contributed by atoms with E-state index in [4.69, 9.17) is 28.4 Å². The second kappa shape index (κ2) is 12.5. The third-order valence-electron chi connectivity index (χ3n) is 9.96. The Bertz CT molecular complexity index is 1790. The molecule has 6 heterocycles. The van der Waals surface area contributed by atoms with Gasteiger partial charge < -0.3 is 33.5 Å². The largest absolute Gasteiger partial charge is 0.504 e. The van der Waals surface area contributed by atoms with Crippen LogP contribution in [-0.4, -0.2) is 70.5 Å². The molecular weight excluding hydrogens is 596 g/mol. The number of likely N-dealkylation sites (N-methyl/N-ethyl adjacent to an activating group) is 2. The summed E-state index contributed by atoms with van der Waals surface area (Å²) in [4.78, 5) is 4.68. The molecule has 0 aromatic heterocycles. The minimum atomic E-state index is -0.0915. The smallest absolute Gasteiger partial charge is 0.208 e. The number of rotatable bonds is 4. The lowest BCUT2D eigenvalue weighted by Crippen LogP contribution is -2.34. The summed E-state index contributed by atoms with van der Waals surface area (Å²) in [5.74, 6) is 4.65. The van der Waals surface area contributed by atoms with Crippen molar-refractivity contribution in [1.29, 1.82) is 0 Å². The maximum atomic E-state index is 11.4. The van der Waals surface area contributed by atoms with Gasteiger partial charge >= 0.3 is 0 Å². The van der Waals surface area contributed by atoms with E-state index in [0.717, 1.165) is 53.7 Å². The van der Waals surface area contributed by atoms with E-state index in [9.17, 15) is 5.11 Å². The van der Waals surface area contributed by atoms with Gasteiger partial charge in [0.05, 0.1) is 28.4 Å². The van der Waals surface area contributed by atoms with Gasteiger partial charge in [0.1, 0.15) is 11.5 Å². The van der Waals surface area contributed by atoms with E-state index in [1.54, 1.807) is 28.4 Å². The van der Waals surface area contributed by atoms with Gasteiger partial charge in [0.25, 0.3) is 0 Å². The van der Waals surface area contributed by atoms with Gasteiger partial charge in [-0.05, 0) is 86.8 Å². The quantitative estimate of drug-likeness (QED) is 0.258. The van der Waals surface area contributed by atoms with E-state index in [0.29, 0.717) is 53.1 Å². The average molecular weight is 639 g/mol. The first-order valence-electron chi connectivity index (χ1n) is 16.1. The molecule has 0 fully saturated rings. The molecule has 1 N–H and O–H groups in total. The predicted molar refractivity (Wildman–Crippen MR) is 179 cm³/mol. The molecule has 0 unspecified atom stereocenters. The molecule has 0 radical (unpaired) electrons. The average Bonchev–Trinajstić information content (AvgIpc) is 3.08. The summed E-state index contributed by atoms with van der Waals surface area (Å²) in [7, 11) is 10.7. The molecule has 4 bridgehead atoms. The SMILES string of the molecule is COc1cc2c3c(c1OC)Oc1ccc(cc1)C[C@H]1c4c(c(O)c(OC)c(OC)c4Oc4ccc(cc4)C[C@@H]3N(C)CC2)CCN1C. The van der Waals surface area contributed by atoms with Gasteiger partial charge in [-0.25, -0.2) is 0 Å². The van der Waals surface area contributed by atoms with Crippen molar-refractivity contribution in [3.63, 3.8) is 0 Å². The fraction of sp³-hybridized carbons (Fsp3) is 0.368. The fourth-order valence-corrected chi connectivity index (χ4v) is 7.44. The zero-order valence-corrected chi connectivity index (χ0v) is 27.9. The summed E-state index contributed by atoms with van der Waals surface area (Å²) >= 11 is 0. The third kappa shape index (κ3) is 5.37. The van der Waals surface area contributed by atoms with Gasteiger partial charge in [-0.15, -0.1) is 0 Å². The van der Waals surface area contributed by atoms with Crippen molar-refractivity contribution in [2.45, 2.75) is 37.8 Å². The van der Waals surface area contributed by atoms with Crippen LogP contribution >= 0.6 is 0 Å². The lowest BCUT2D eigenvalue weighted by Gasteiger charge is -2.37. The monoisotopic (exact) mass is 638 g/mol. The highest BCUT2D eigenvalue weighted by molar-refractivity contribution is 5.69. The minimum absolute atomic E-state index is 0.0447. The van der Waals surface area contributed by atoms with Crippen LogP contribution in [-0.2, 0) is 25.7 Å². The van der Waals surface area contributed by atoms with Crippen molar-refractivity contribution >= 4 is 0 Å². The normalized spacial score (nSPS) is 19.0. The molecule has 0 amide bonds. The number of benzene rings is 4. The number of aromatic hydroxyl groups is 1. The van der Waals surface area contributed by atoms with Gasteiger partial charge in [-0.1, -0.05) is 24.3 Å². The number of ether oxygens (including phenoxy) is 6. The summed E-state index contributed by atoms with van der Waals surface area (Å²) < 4.78 is 36.8. The van der Waals surface area contributed by atoms with Gasteiger partial charge in [-0.2, -0.15) is 0 Å². The van der Waals surface area contributed by atoms with Gasteiger partial charge in [0.15, 0.2) is 23.0 Å². The molecule has 246 valence electrons. The molecule has 0 saturated heterocycles. The van der Waals surface area contributed by atoms with E-state index in [1.165, 1.54) is 5.56 Å². The topological polar surface area (TPSA) is 82.1 Å². The number of methoxy groups -OCH3 is 4. The lowest BCUT2D eigenvalue weighted by molar-refractivity contribution is 0.217. The molecule has 0 aliphatic carbocycles. The van der Waals surface area contributed by atoms with Gasteiger partial charge in [0.2, 0.25) is 17.2 Å². The van der Waals surface area contributed by atoms with Crippen molar-refractivity contribution in [2.24, 2.45) is 0 Å². The number of phenols is 1. The van der Waals surface area contributed by atoms with E-state index >= 15 is 0 Å². The van der Waals surface area contributed by atoms with Crippen molar-refractivity contribution in [2.75, 3.05) is 55.6 Å². The molecule has 9 heteroatoms. The Kier molecular flexibility index (Phi) is 8.28. The molecule has 6 aliphatic heterocycles. The Hall–Kier alpha value is -4.60. The maximum absolute atomic E-state index is 11.4. The van der Waals surface area contributed by atoms with Crippen LogP contribution in [0.5, 0.6) is 51.7 Å². The Balaban J connectivity index is 1.42. The minimum Gasteiger partial charge on any atom is -0.504 e. The molecule has 2 atom stereocenters. The highest BCUT2D eigenvalue weighted by Crippen LogP contribution is 2.55. The predicted octanol–water partition coefficient (Wildman–Crippen LogP) is 6.87. The van der Waals surface area contributed by atoms with Crippen molar-refractivity contribution in [1.82, 2.24) is 9.80 Å². The van der Waals surface area contributed by atoms with E-state index in [-0.39, 0.29) is 23.6 Å². The van der Waals surface area contributed by atoms with Crippen molar-refractivity contribution in [3.8, 4) is 51.7 Å². The molecule has 0 saturated carbocycles. The highest BCUT2D eigenvalue weighted by Gasteiger charge is 2.37. The van der Waals surface area contributed by atoms with E-state index < -0.39 is 0 Å². The fourth-order valence-electron chi connectivity index (χ4n) is 7.44. The maximum Gasteiger partial charge on any atom is 0.208 e. The molecule has 4 aromatic carbocycles. The van der Waals surface area contributed by atoms with Gasteiger partial charge in [-0.3, -0.25) is 9.80 Å². The summed E-state index contributed by atoms with van der Waals surface area (Å²) in [6, 6.07) is 18.5. The standard InChI is InChI=1S/C38H42N2O7/c1-39-17-15-24-21-30(42-3)34(43-4)35-31(24)28(39)19-22-7-13-26(14-8-22)47-36-32-27(33(41)37(44-5)38(36)45-6)16-18-40(2)29(32)20-23-9-11-25(46-35)12-10-23/h7-14,21,28-29,41H,15-20H2,1-6H3/t28-,29-/m0/s1. The zero-order valence-electron chi connectivity index (χ0n) is 27.9. The van der Waals surface area contributed by atoms with Crippen LogP contribution in [0.2, 0.25) is 0 Å². The van der Waals surface area contributed by atoms with Crippen LogP contribution in [0, 0.1) is 0 Å². The Labute approximate surface area is 276 Å². The van der Waals surface area contributed by atoms with E-state index in [2.05, 4.69) is 54.2 Å². The Morgan fingerprint density at radius 1 is 0.638 bits per heavy atom. The van der Waals surface area contributed by atoms with Crippen LogP contribution in [0.3, 0.4) is 0 Å². The molecule has 6 aliphatic rings. The van der Waals surface area contributed by atoms with Crippen molar-refractivity contribution in [3.05, 3.63) is 88.0 Å².